The van der Waals surface area contributed by atoms with Gasteiger partial charge in [0.2, 0.25) is 0 Å². The topological polar surface area (TPSA) is 12.4 Å². The summed E-state index contributed by atoms with van der Waals surface area (Å²) in [5, 5.41) is 0. The molecular formula is C11H19N. The number of allylic oxidation sites excluding steroid dienone is 2. The summed E-state index contributed by atoms with van der Waals surface area (Å²) in [6.07, 6.45) is 1.10. The lowest BCUT2D eigenvalue weighted by atomic mass is 10.0. The van der Waals surface area contributed by atoms with Crippen molar-refractivity contribution in [3.8, 4) is 0 Å². The smallest absolute Gasteiger partial charge is 0.0421 e. The molecular weight excluding hydrogens is 146 g/mol. The first-order valence-electron chi connectivity index (χ1n) is 4.79. The monoisotopic (exact) mass is 165 g/mol. The van der Waals surface area contributed by atoms with Crippen LogP contribution in [0.3, 0.4) is 0 Å². The first kappa shape index (κ1) is 9.50. The summed E-state index contributed by atoms with van der Waals surface area (Å²) >= 11 is 0. The van der Waals surface area contributed by atoms with Crippen molar-refractivity contribution in [3.63, 3.8) is 0 Å². The van der Waals surface area contributed by atoms with Crippen molar-refractivity contribution >= 4 is 5.71 Å². The molecule has 68 valence electrons. The zero-order valence-electron chi connectivity index (χ0n) is 8.81. The lowest BCUT2D eigenvalue weighted by Gasteiger charge is -2.04. The molecule has 0 amide bonds. The van der Waals surface area contributed by atoms with E-state index in [1.165, 1.54) is 17.0 Å². The minimum absolute atomic E-state index is 0.584. The molecule has 1 heteroatoms. The van der Waals surface area contributed by atoms with Gasteiger partial charge in [-0.15, -0.1) is 0 Å². The lowest BCUT2D eigenvalue weighted by Crippen LogP contribution is -2.03. The molecule has 1 aliphatic heterocycles. The maximum Gasteiger partial charge on any atom is 0.0421 e. The van der Waals surface area contributed by atoms with Gasteiger partial charge in [-0.2, -0.15) is 0 Å². The standard InChI is InChI=1S/C11H19N/c1-7(2)10-6-9(5)11(12-10)8(3)4/h7-8H,6H2,1-5H3. The maximum atomic E-state index is 4.66. The van der Waals surface area contributed by atoms with Gasteiger partial charge in [-0.25, -0.2) is 0 Å². The van der Waals surface area contributed by atoms with Crippen LogP contribution in [0.15, 0.2) is 16.3 Å². The summed E-state index contributed by atoms with van der Waals surface area (Å²) in [5.41, 5.74) is 4.14. The second-order valence-corrected chi connectivity index (χ2v) is 4.25. The molecule has 0 saturated heterocycles. The Balaban J connectivity index is 2.79. The van der Waals surface area contributed by atoms with Crippen molar-refractivity contribution < 1.29 is 0 Å². The first-order valence-corrected chi connectivity index (χ1v) is 4.79. The summed E-state index contributed by atoms with van der Waals surface area (Å²) in [6, 6.07) is 0. The molecule has 12 heavy (non-hydrogen) atoms. The number of nitrogens with zero attached hydrogens (tertiary/aromatic N) is 1. The zero-order chi connectivity index (χ0) is 9.30. The molecule has 0 aromatic carbocycles. The Bertz CT molecular complexity index is 231. The Morgan fingerprint density at radius 3 is 1.92 bits per heavy atom. The second kappa shape index (κ2) is 3.42. The summed E-state index contributed by atoms with van der Waals surface area (Å²) in [7, 11) is 0. The number of rotatable bonds is 2. The fourth-order valence-electron chi connectivity index (χ4n) is 1.61. The third kappa shape index (κ3) is 1.77. The quantitative estimate of drug-likeness (QED) is 0.594. The van der Waals surface area contributed by atoms with Crippen LogP contribution in [0.5, 0.6) is 0 Å². The van der Waals surface area contributed by atoms with Crippen LogP contribution in [-0.2, 0) is 0 Å². The van der Waals surface area contributed by atoms with E-state index >= 15 is 0 Å². The van der Waals surface area contributed by atoms with E-state index in [9.17, 15) is 0 Å². The second-order valence-electron chi connectivity index (χ2n) is 4.25. The Hall–Kier alpha value is -0.590. The lowest BCUT2D eigenvalue weighted by molar-refractivity contribution is 0.750. The maximum absolute atomic E-state index is 4.66. The average Bonchev–Trinajstić information content (AvgIpc) is 2.30. The van der Waals surface area contributed by atoms with Crippen LogP contribution < -0.4 is 0 Å². The van der Waals surface area contributed by atoms with E-state index in [0.29, 0.717) is 11.8 Å². The molecule has 1 aliphatic rings. The van der Waals surface area contributed by atoms with Crippen LogP contribution >= 0.6 is 0 Å². The molecule has 0 fully saturated rings. The molecule has 0 aromatic rings. The van der Waals surface area contributed by atoms with Gasteiger partial charge in [-0.1, -0.05) is 27.7 Å². The van der Waals surface area contributed by atoms with E-state index in [1.807, 2.05) is 0 Å². The molecule has 1 heterocycles. The van der Waals surface area contributed by atoms with Gasteiger partial charge in [0.05, 0.1) is 0 Å². The highest BCUT2D eigenvalue weighted by Gasteiger charge is 2.18. The third-order valence-corrected chi connectivity index (χ3v) is 2.36. The van der Waals surface area contributed by atoms with Crippen LogP contribution in [-0.4, -0.2) is 5.71 Å². The van der Waals surface area contributed by atoms with Gasteiger partial charge in [-0.3, -0.25) is 4.99 Å². The largest absolute Gasteiger partial charge is 0.261 e. The molecule has 0 radical (unpaired) electrons. The van der Waals surface area contributed by atoms with Gasteiger partial charge < -0.3 is 0 Å². The average molecular weight is 165 g/mol. The van der Waals surface area contributed by atoms with Crippen LogP contribution in [0.25, 0.3) is 0 Å². The highest BCUT2D eigenvalue weighted by atomic mass is 14.8. The van der Waals surface area contributed by atoms with Crippen LogP contribution in [0.1, 0.15) is 41.0 Å². The Morgan fingerprint density at radius 2 is 1.67 bits per heavy atom. The van der Waals surface area contributed by atoms with Gasteiger partial charge in [0.15, 0.2) is 0 Å². The van der Waals surface area contributed by atoms with E-state index in [-0.39, 0.29) is 0 Å². The predicted octanol–water partition coefficient (Wildman–Crippen LogP) is 3.42. The summed E-state index contributed by atoms with van der Waals surface area (Å²) in [5.74, 6) is 1.19. The molecule has 0 unspecified atom stereocenters. The molecule has 1 rings (SSSR count). The summed E-state index contributed by atoms with van der Waals surface area (Å²) in [6.45, 7) is 11.1. The third-order valence-electron chi connectivity index (χ3n) is 2.36. The van der Waals surface area contributed by atoms with Crippen molar-refractivity contribution in [1.29, 1.82) is 0 Å². The van der Waals surface area contributed by atoms with Crippen molar-refractivity contribution in [2.24, 2.45) is 16.8 Å². The number of hydrogen-bond acceptors (Lipinski definition) is 1. The molecule has 0 bridgehead atoms. The molecule has 0 N–H and O–H groups in total. The highest BCUT2D eigenvalue weighted by molar-refractivity contribution is 5.91. The van der Waals surface area contributed by atoms with Crippen LogP contribution in [0.4, 0.5) is 0 Å². The van der Waals surface area contributed by atoms with E-state index in [2.05, 4.69) is 39.6 Å². The van der Waals surface area contributed by atoms with Crippen molar-refractivity contribution in [1.82, 2.24) is 0 Å². The Kier molecular flexibility index (Phi) is 2.71. The van der Waals surface area contributed by atoms with Crippen LogP contribution in [0, 0.1) is 11.8 Å². The first-order chi connectivity index (χ1) is 5.52. The minimum Gasteiger partial charge on any atom is -0.261 e. The van der Waals surface area contributed by atoms with Crippen LogP contribution in [0.2, 0.25) is 0 Å². The van der Waals surface area contributed by atoms with Gasteiger partial charge >= 0.3 is 0 Å². The van der Waals surface area contributed by atoms with E-state index in [1.54, 1.807) is 0 Å². The fraction of sp³-hybridized carbons (Fsp3) is 0.727. The van der Waals surface area contributed by atoms with Gasteiger partial charge in [0.25, 0.3) is 0 Å². The zero-order valence-corrected chi connectivity index (χ0v) is 8.81. The molecule has 0 aromatic heterocycles. The van der Waals surface area contributed by atoms with Gasteiger partial charge in [0, 0.05) is 17.8 Å². The van der Waals surface area contributed by atoms with Gasteiger partial charge in [-0.05, 0) is 24.3 Å². The van der Waals surface area contributed by atoms with Crippen molar-refractivity contribution in [2.45, 2.75) is 41.0 Å². The Morgan fingerprint density at radius 1 is 1.08 bits per heavy atom. The predicted molar refractivity (Wildman–Crippen MR) is 54.4 cm³/mol. The molecule has 1 nitrogen and oxygen atoms in total. The highest BCUT2D eigenvalue weighted by Crippen LogP contribution is 2.27. The summed E-state index contributed by atoms with van der Waals surface area (Å²) in [4.78, 5) is 4.66. The van der Waals surface area contributed by atoms with Gasteiger partial charge in [0.1, 0.15) is 0 Å². The fourth-order valence-corrected chi connectivity index (χ4v) is 1.61. The molecule has 0 atom stereocenters. The minimum atomic E-state index is 0.584. The SMILES string of the molecule is CC1=C(C(C)C)N=C(C(C)C)C1. The van der Waals surface area contributed by atoms with E-state index < -0.39 is 0 Å². The Labute approximate surface area is 75.6 Å². The molecule has 0 saturated carbocycles. The van der Waals surface area contributed by atoms with Crippen molar-refractivity contribution in [2.75, 3.05) is 0 Å². The normalized spacial score (nSPS) is 18.1. The van der Waals surface area contributed by atoms with E-state index in [4.69, 9.17) is 0 Å². The van der Waals surface area contributed by atoms with Crippen molar-refractivity contribution in [3.05, 3.63) is 11.3 Å². The molecule has 0 spiro atoms. The summed E-state index contributed by atoms with van der Waals surface area (Å²) < 4.78 is 0. The number of aliphatic imine (C=N–C) groups is 1. The number of hydrogen-bond donors (Lipinski definition) is 0. The molecule has 0 aliphatic carbocycles. The van der Waals surface area contributed by atoms with E-state index in [0.717, 1.165) is 6.42 Å².